The summed E-state index contributed by atoms with van der Waals surface area (Å²) < 4.78 is 6.73. The SMILES string of the molecule is CCCCCCC1(OC)C=C(Br)C(=O)C(Br)=C1. The molecule has 0 N–H and O–H groups in total. The van der Waals surface area contributed by atoms with E-state index in [9.17, 15) is 4.79 Å². The molecule has 0 aromatic rings. The molecule has 0 saturated heterocycles. The zero-order chi connectivity index (χ0) is 12.9. The normalized spacial score (nSPS) is 18.9. The van der Waals surface area contributed by atoms with Gasteiger partial charge in [-0.2, -0.15) is 0 Å². The molecular formula is C13H18Br2O2. The van der Waals surface area contributed by atoms with Crippen LogP contribution in [-0.2, 0) is 9.53 Å². The topological polar surface area (TPSA) is 26.3 Å². The monoisotopic (exact) mass is 364 g/mol. The fraction of sp³-hybridized carbons (Fsp3) is 0.615. The molecule has 1 rings (SSSR count). The van der Waals surface area contributed by atoms with Gasteiger partial charge in [-0.1, -0.05) is 26.2 Å². The van der Waals surface area contributed by atoms with Crippen LogP contribution in [-0.4, -0.2) is 18.5 Å². The van der Waals surface area contributed by atoms with Gasteiger partial charge in [0, 0.05) is 7.11 Å². The second kappa shape index (κ2) is 6.86. The number of Topliss-reactive ketones (excluding diaryl/α,β-unsaturated/α-hetero) is 1. The highest BCUT2D eigenvalue weighted by molar-refractivity contribution is 9.13. The fourth-order valence-corrected chi connectivity index (χ4v) is 3.38. The highest BCUT2D eigenvalue weighted by Gasteiger charge is 2.31. The van der Waals surface area contributed by atoms with Crippen molar-refractivity contribution < 1.29 is 9.53 Å². The van der Waals surface area contributed by atoms with Crippen LogP contribution in [0.5, 0.6) is 0 Å². The lowest BCUT2D eigenvalue weighted by molar-refractivity contribution is -0.111. The van der Waals surface area contributed by atoms with Gasteiger partial charge < -0.3 is 4.74 Å². The summed E-state index contributed by atoms with van der Waals surface area (Å²) in [6, 6.07) is 0. The summed E-state index contributed by atoms with van der Waals surface area (Å²) in [7, 11) is 1.68. The van der Waals surface area contributed by atoms with E-state index in [-0.39, 0.29) is 5.78 Å². The number of carbonyl (C=O) groups excluding carboxylic acids is 1. The van der Waals surface area contributed by atoms with Gasteiger partial charge in [-0.3, -0.25) is 4.79 Å². The van der Waals surface area contributed by atoms with E-state index in [1.54, 1.807) is 7.11 Å². The van der Waals surface area contributed by atoms with Crippen LogP contribution < -0.4 is 0 Å². The van der Waals surface area contributed by atoms with Gasteiger partial charge in [0.15, 0.2) is 0 Å². The van der Waals surface area contributed by atoms with Gasteiger partial charge >= 0.3 is 0 Å². The maximum atomic E-state index is 11.6. The minimum absolute atomic E-state index is 0.0220. The standard InChI is InChI=1S/C13H18Br2O2/c1-3-4-5-6-7-13(17-2)8-10(14)12(16)11(15)9-13/h8-9H,3-7H2,1-2H3. The van der Waals surface area contributed by atoms with Crippen molar-refractivity contribution in [2.24, 2.45) is 0 Å². The lowest BCUT2D eigenvalue weighted by Gasteiger charge is -2.29. The number of ketones is 1. The van der Waals surface area contributed by atoms with Crippen molar-refractivity contribution in [3.8, 4) is 0 Å². The zero-order valence-electron chi connectivity index (χ0n) is 10.3. The summed E-state index contributed by atoms with van der Waals surface area (Å²) in [5, 5.41) is 0. The lowest BCUT2D eigenvalue weighted by atomic mass is 9.91. The highest BCUT2D eigenvalue weighted by atomic mass is 79.9. The minimum atomic E-state index is -0.445. The van der Waals surface area contributed by atoms with Crippen LogP contribution in [0.4, 0.5) is 0 Å². The third-order valence-electron chi connectivity index (χ3n) is 2.98. The molecule has 0 unspecified atom stereocenters. The smallest absolute Gasteiger partial charge is 0.206 e. The summed E-state index contributed by atoms with van der Waals surface area (Å²) in [6.45, 7) is 2.19. The molecule has 0 aromatic heterocycles. The van der Waals surface area contributed by atoms with Crippen molar-refractivity contribution in [2.45, 2.75) is 44.6 Å². The first-order valence-electron chi connectivity index (χ1n) is 5.91. The molecule has 0 saturated carbocycles. The van der Waals surface area contributed by atoms with Gasteiger partial charge in [0.1, 0.15) is 5.60 Å². The first-order chi connectivity index (χ1) is 8.04. The number of halogens is 2. The predicted molar refractivity (Wildman–Crippen MR) is 77.5 cm³/mol. The molecule has 0 bridgehead atoms. The van der Waals surface area contributed by atoms with Crippen molar-refractivity contribution in [3.05, 3.63) is 21.1 Å². The Labute approximate surface area is 120 Å². The molecule has 0 spiro atoms. The Balaban J connectivity index is 2.72. The summed E-state index contributed by atoms with van der Waals surface area (Å²) in [5.74, 6) is -0.0220. The molecule has 0 radical (unpaired) electrons. The van der Waals surface area contributed by atoms with E-state index in [0.717, 1.165) is 12.8 Å². The molecule has 17 heavy (non-hydrogen) atoms. The summed E-state index contributed by atoms with van der Waals surface area (Å²) in [6.07, 6.45) is 9.40. The van der Waals surface area contributed by atoms with Gasteiger partial charge in [-0.15, -0.1) is 0 Å². The van der Waals surface area contributed by atoms with Gasteiger partial charge in [0.25, 0.3) is 0 Å². The molecule has 0 heterocycles. The van der Waals surface area contributed by atoms with Gasteiger partial charge in [-0.25, -0.2) is 0 Å². The molecule has 1 aliphatic carbocycles. The van der Waals surface area contributed by atoms with E-state index < -0.39 is 5.60 Å². The van der Waals surface area contributed by atoms with E-state index in [0.29, 0.717) is 8.96 Å². The first-order valence-corrected chi connectivity index (χ1v) is 7.50. The van der Waals surface area contributed by atoms with E-state index >= 15 is 0 Å². The predicted octanol–water partition coefficient (Wildman–Crippen LogP) is 4.48. The third-order valence-corrected chi connectivity index (χ3v) is 4.16. The van der Waals surface area contributed by atoms with E-state index in [1.807, 2.05) is 12.2 Å². The van der Waals surface area contributed by atoms with Crippen LogP contribution in [0.25, 0.3) is 0 Å². The fourth-order valence-electron chi connectivity index (χ4n) is 1.91. The number of methoxy groups -OCH3 is 1. The molecule has 0 atom stereocenters. The van der Waals surface area contributed by atoms with Crippen molar-refractivity contribution >= 4 is 37.6 Å². The van der Waals surface area contributed by atoms with Crippen molar-refractivity contribution in [1.29, 1.82) is 0 Å². The zero-order valence-corrected chi connectivity index (χ0v) is 13.4. The Morgan fingerprint density at radius 3 is 2.24 bits per heavy atom. The lowest BCUT2D eigenvalue weighted by Crippen LogP contribution is -2.30. The van der Waals surface area contributed by atoms with Crippen LogP contribution in [0.2, 0.25) is 0 Å². The molecule has 4 heteroatoms. The Morgan fingerprint density at radius 1 is 1.18 bits per heavy atom. The first kappa shape index (κ1) is 15.1. The van der Waals surface area contributed by atoms with Crippen LogP contribution >= 0.6 is 31.9 Å². The van der Waals surface area contributed by atoms with Crippen molar-refractivity contribution in [2.75, 3.05) is 7.11 Å². The molecule has 2 nitrogen and oxygen atoms in total. The van der Waals surface area contributed by atoms with Crippen molar-refractivity contribution in [1.82, 2.24) is 0 Å². The summed E-state index contributed by atoms with van der Waals surface area (Å²) in [5.41, 5.74) is -0.445. The van der Waals surface area contributed by atoms with Crippen LogP contribution in [0.1, 0.15) is 39.0 Å². The largest absolute Gasteiger partial charge is 0.370 e. The Morgan fingerprint density at radius 2 is 1.76 bits per heavy atom. The number of allylic oxidation sites excluding steroid dienone is 2. The third kappa shape index (κ3) is 4.04. The molecule has 1 aliphatic rings. The number of hydrogen-bond donors (Lipinski definition) is 0. The minimum Gasteiger partial charge on any atom is -0.370 e. The maximum Gasteiger partial charge on any atom is 0.206 e. The molecule has 0 amide bonds. The van der Waals surface area contributed by atoms with E-state index in [1.165, 1.54) is 19.3 Å². The van der Waals surface area contributed by atoms with Gasteiger partial charge in [0.2, 0.25) is 5.78 Å². The summed E-state index contributed by atoms with van der Waals surface area (Å²) >= 11 is 6.59. The van der Waals surface area contributed by atoms with Crippen LogP contribution in [0, 0.1) is 0 Å². The average molecular weight is 366 g/mol. The average Bonchev–Trinajstić information content (AvgIpc) is 2.32. The summed E-state index contributed by atoms with van der Waals surface area (Å²) in [4.78, 5) is 11.6. The van der Waals surface area contributed by atoms with E-state index in [2.05, 4.69) is 38.8 Å². The van der Waals surface area contributed by atoms with Gasteiger partial charge in [-0.05, 0) is 56.9 Å². The van der Waals surface area contributed by atoms with E-state index in [4.69, 9.17) is 4.74 Å². The Hall–Kier alpha value is 0.0700. The van der Waals surface area contributed by atoms with Crippen molar-refractivity contribution in [3.63, 3.8) is 0 Å². The molecule has 96 valence electrons. The maximum absolute atomic E-state index is 11.6. The Bertz CT molecular complexity index is 323. The molecule has 0 fully saturated rings. The molecule has 0 aromatic carbocycles. The highest BCUT2D eigenvalue weighted by Crippen LogP contribution is 2.34. The second-order valence-electron chi connectivity index (χ2n) is 4.28. The number of rotatable bonds is 6. The second-order valence-corrected chi connectivity index (χ2v) is 5.99. The van der Waals surface area contributed by atoms with Gasteiger partial charge in [0.05, 0.1) is 8.96 Å². The number of carbonyl (C=O) groups is 1. The number of unbranched alkanes of at least 4 members (excludes halogenated alkanes) is 3. The molecule has 0 aliphatic heterocycles. The van der Waals surface area contributed by atoms with Crippen LogP contribution in [0.15, 0.2) is 21.1 Å². The number of ether oxygens (including phenoxy) is 1. The molecular weight excluding hydrogens is 348 g/mol. The van der Waals surface area contributed by atoms with Crippen LogP contribution in [0.3, 0.4) is 0 Å². The quantitative estimate of drug-likeness (QED) is 0.648. The number of hydrogen-bond acceptors (Lipinski definition) is 2. The Kier molecular flexibility index (Phi) is 6.10.